The lowest BCUT2D eigenvalue weighted by atomic mass is 10.1. The van der Waals surface area contributed by atoms with Gasteiger partial charge in [0.05, 0.1) is 23.5 Å². The van der Waals surface area contributed by atoms with Gasteiger partial charge in [-0.2, -0.15) is 0 Å². The molecular formula is C20H29N3O5S. The number of aliphatic hydroxyl groups excluding tert-OH is 1. The molecule has 2 aliphatic rings. The lowest BCUT2D eigenvalue weighted by molar-refractivity contribution is -0.142. The molecule has 0 aliphatic carbocycles. The molecule has 1 aromatic carbocycles. The highest BCUT2D eigenvalue weighted by Gasteiger charge is 2.34. The fourth-order valence-corrected chi connectivity index (χ4v) is 4.66. The van der Waals surface area contributed by atoms with Gasteiger partial charge in [-0.25, -0.2) is 8.42 Å². The first-order valence-electron chi connectivity index (χ1n) is 9.88. The second-order valence-corrected chi connectivity index (χ2v) is 10.0. The number of rotatable bonds is 5. The first-order valence-corrected chi connectivity index (χ1v) is 11.8. The fourth-order valence-electron chi connectivity index (χ4n) is 4.03. The maximum Gasteiger partial charge on any atom is 0.227 e. The Morgan fingerprint density at radius 3 is 2.34 bits per heavy atom. The number of benzene rings is 1. The predicted octanol–water partition coefficient (Wildman–Crippen LogP) is -0.241. The number of hydrogen-bond donors (Lipinski definition) is 1. The lowest BCUT2D eigenvalue weighted by Crippen LogP contribution is -2.59. The molecule has 8 nitrogen and oxygen atoms in total. The van der Waals surface area contributed by atoms with Gasteiger partial charge in [0, 0.05) is 52.4 Å². The first kappa shape index (κ1) is 21.7. The SMILES string of the molecule is CC(=O)N1CCN(C(=O)Cc2ccc(S(C)(=O)=O)cc2)C(CN2CC[C@H](O)C2)C1. The highest BCUT2D eigenvalue weighted by atomic mass is 32.2. The zero-order valence-corrected chi connectivity index (χ0v) is 17.8. The van der Waals surface area contributed by atoms with Crippen molar-refractivity contribution in [1.29, 1.82) is 0 Å². The van der Waals surface area contributed by atoms with E-state index in [1.807, 2.05) is 4.90 Å². The van der Waals surface area contributed by atoms with Crippen LogP contribution >= 0.6 is 0 Å². The number of likely N-dealkylation sites (tertiary alicyclic amines) is 1. The summed E-state index contributed by atoms with van der Waals surface area (Å²) >= 11 is 0. The Bertz CT molecular complexity index is 855. The number of β-amino-alcohol motifs (C(OH)–C–C–N with tert-alkyl or cyclic N) is 1. The smallest absolute Gasteiger partial charge is 0.227 e. The van der Waals surface area contributed by atoms with Crippen LogP contribution in [-0.2, 0) is 25.8 Å². The number of carbonyl (C=O) groups excluding carboxylic acids is 2. The van der Waals surface area contributed by atoms with Gasteiger partial charge in [0.2, 0.25) is 11.8 Å². The van der Waals surface area contributed by atoms with Crippen molar-refractivity contribution >= 4 is 21.7 Å². The van der Waals surface area contributed by atoms with E-state index in [-0.39, 0.29) is 35.3 Å². The Morgan fingerprint density at radius 2 is 1.79 bits per heavy atom. The van der Waals surface area contributed by atoms with Crippen LogP contribution in [0.3, 0.4) is 0 Å². The molecule has 1 unspecified atom stereocenters. The molecule has 0 spiro atoms. The van der Waals surface area contributed by atoms with Crippen molar-refractivity contribution < 1.29 is 23.1 Å². The highest BCUT2D eigenvalue weighted by Crippen LogP contribution is 2.18. The first-order chi connectivity index (χ1) is 13.6. The predicted molar refractivity (Wildman–Crippen MR) is 108 cm³/mol. The van der Waals surface area contributed by atoms with Crippen LogP contribution < -0.4 is 0 Å². The van der Waals surface area contributed by atoms with Crippen LogP contribution in [0.1, 0.15) is 18.9 Å². The summed E-state index contributed by atoms with van der Waals surface area (Å²) in [6.45, 7) is 5.00. The monoisotopic (exact) mass is 423 g/mol. The number of aliphatic hydroxyl groups is 1. The molecular weight excluding hydrogens is 394 g/mol. The van der Waals surface area contributed by atoms with Crippen molar-refractivity contribution in [2.75, 3.05) is 45.5 Å². The summed E-state index contributed by atoms with van der Waals surface area (Å²) in [6.07, 6.45) is 1.73. The lowest BCUT2D eigenvalue weighted by Gasteiger charge is -2.42. The number of hydrogen-bond acceptors (Lipinski definition) is 6. The number of amides is 2. The molecule has 160 valence electrons. The highest BCUT2D eigenvalue weighted by molar-refractivity contribution is 7.90. The van der Waals surface area contributed by atoms with Crippen LogP contribution in [0.4, 0.5) is 0 Å². The van der Waals surface area contributed by atoms with E-state index >= 15 is 0 Å². The van der Waals surface area contributed by atoms with Crippen molar-refractivity contribution in [3.05, 3.63) is 29.8 Å². The van der Waals surface area contributed by atoms with Crippen molar-refractivity contribution in [2.45, 2.75) is 36.8 Å². The molecule has 2 fully saturated rings. The van der Waals surface area contributed by atoms with Crippen LogP contribution in [-0.4, -0.2) is 97.7 Å². The normalized spacial score (nSPS) is 23.4. The molecule has 0 radical (unpaired) electrons. The standard InChI is InChI=1S/C20H29N3O5S/c1-15(24)22-9-10-23(17(13-22)12-21-8-7-18(25)14-21)20(26)11-16-3-5-19(6-4-16)29(2,27)28/h3-6,17-18,25H,7-14H2,1-2H3/t17?,18-/m0/s1. The van der Waals surface area contributed by atoms with Gasteiger partial charge in [-0.3, -0.25) is 14.5 Å². The average molecular weight is 424 g/mol. The van der Waals surface area contributed by atoms with Crippen LogP contribution in [0.25, 0.3) is 0 Å². The Kier molecular flexibility index (Phi) is 6.60. The Hall–Kier alpha value is -1.97. The van der Waals surface area contributed by atoms with E-state index in [0.29, 0.717) is 32.7 Å². The maximum absolute atomic E-state index is 13.0. The van der Waals surface area contributed by atoms with Gasteiger partial charge in [-0.05, 0) is 24.1 Å². The average Bonchev–Trinajstić information content (AvgIpc) is 3.06. The molecule has 0 aromatic heterocycles. The van der Waals surface area contributed by atoms with Gasteiger partial charge < -0.3 is 14.9 Å². The fraction of sp³-hybridized carbons (Fsp3) is 0.600. The molecule has 2 amide bonds. The molecule has 29 heavy (non-hydrogen) atoms. The summed E-state index contributed by atoms with van der Waals surface area (Å²) in [4.78, 5) is 30.8. The van der Waals surface area contributed by atoms with Crippen molar-refractivity contribution in [1.82, 2.24) is 14.7 Å². The van der Waals surface area contributed by atoms with E-state index in [0.717, 1.165) is 24.8 Å². The maximum atomic E-state index is 13.0. The van der Waals surface area contributed by atoms with E-state index in [9.17, 15) is 23.1 Å². The zero-order valence-electron chi connectivity index (χ0n) is 17.0. The van der Waals surface area contributed by atoms with E-state index in [2.05, 4.69) is 4.90 Å². The zero-order chi connectivity index (χ0) is 21.2. The topological polar surface area (TPSA) is 98.2 Å². The van der Waals surface area contributed by atoms with Crippen LogP contribution in [0.2, 0.25) is 0 Å². The number of sulfone groups is 1. The summed E-state index contributed by atoms with van der Waals surface area (Å²) < 4.78 is 23.2. The van der Waals surface area contributed by atoms with Crippen molar-refractivity contribution in [2.24, 2.45) is 0 Å². The molecule has 1 aromatic rings. The summed E-state index contributed by atoms with van der Waals surface area (Å²) in [7, 11) is -3.27. The number of nitrogens with zero attached hydrogens (tertiary/aromatic N) is 3. The molecule has 2 aliphatic heterocycles. The third-order valence-electron chi connectivity index (χ3n) is 5.67. The Balaban J connectivity index is 1.69. The minimum Gasteiger partial charge on any atom is -0.392 e. The third kappa shape index (κ3) is 5.55. The van der Waals surface area contributed by atoms with Gasteiger partial charge >= 0.3 is 0 Å². The molecule has 1 N–H and O–H groups in total. The van der Waals surface area contributed by atoms with E-state index < -0.39 is 9.84 Å². The molecule has 2 heterocycles. The molecule has 2 atom stereocenters. The van der Waals surface area contributed by atoms with Gasteiger partial charge in [0.15, 0.2) is 9.84 Å². The summed E-state index contributed by atoms with van der Waals surface area (Å²) in [5.41, 5.74) is 0.756. The van der Waals surface area contributed by atoms with E-state index in [1.54, 1.807) is 17.0 Å². The Labute approximate surface area is 172 Å². The number of piperazine rings is 1. The summed E-state index contributed by atoms with van der Waals surface area (Å²) in [6, 6.07) is 6.27. The Morgan fingerprint density at radius 1 is 1.10 bits per heavy atom. The quantitative estimate of drug-likeness (QED) is 0.702. The number of carbonyl (C=O) groups is 2. The minimum atomic E-state index is -3.27. The largest absolute Gasteiger partial charge is 0.392 e. The second-order valence-electron chi connectivity index (χ2n) is 8.00. The van der Waals surface area contributed by atoms with Crippen LogP contribution in [0.5, 0.6) is 0 Å². The molecule has 3 rings (SSSR count). The second kappa shape index (κ2) is 8.81. The minimum absolute atomic E-state index is 0.0000747. The summed E-state index contributed by atoms with van der Waals surface area (Å²) in [5.74, 6) is -0.0371. The van der Waals surface area contributed by atoms with Crippen LogP contribution in [0.15, 0.2) is 29.2 Å². The molecule has 2 saturated heterocycles. The van der Waals surface area contributed by atoms with Crippen molar-refractivity contribution in [3.63, 3.8) is 0 Å². The molecule has 0 saturated carbocycles. The van der Waals surface area contributed by atoms with Crippen molar-refractivity contribution in [3.8, 4) is 0 Å². The summed E-state index contributed by atoms with van der Waals surface area (Å²) in [5, 5.41) is 9.79. The molecule has 0 bridgehead atoms. The molecule has 9 heteroatoms. The van der Waals surface area contributed by atoms with Gasteiger partial charge in [-0.15, -0.1) is 0 Å². The van der Waals surface area contributed by atoms with Gasteiger partial charge in [-0.1, -0.05) is 12.1 Å². The third-order valence-corrected chi connectivity index (χ3v) is 6.80. The van der Waals surface area contributed by atoms with E-state index in [4.69, 9.17) is 0 Å². The van der Waals surface area contributed by atoms with Gasteiger partial charge in [0.25, 0.3) is 0 Å². The van der Waals surface area contributed by atoms with E-state index in [1.165, 1.54) is 19.1 Å². The van der Waals surface area contributed by atoms with Gasteiger partial charge in [0.1, 0.15) is 0 Å². The van der Waals surface area contributed by atoms with Crippen LogP contribution in [0, 0.1) is 0 Å².